The molecule has 0 unspecified atom stereocenters. The smallest absolute Gasteiger partial charge is 0.206 e. The molecule has 4 N–H and O–H groups in total. The molecule has 1 rings (SSSR count). The minimum atomic E-state index is -0.416. The molecule has 0 atom stereocenters. The first-order valence-electron chi connectivity index (χ1n) is 5.50. The Labute approximate surface area is 110 Å². The molecule has 0 aliphatic carbocycles. The molecule has 19 heavy (non-hydrogen) atoms. The minimum Gasteiger partial charge on any atom is -0.446 e. The van der Waals surface area contributed by atoms with E-state index in [0.717, 1.165) is 0 Å². The van der Waals surface area contributed by atoms with Crippen molar-refractivity contribution < 1.29 is 19.3 Å². The number of ether oxygens (including phenoxy) is 1. The maximum Gasteiger partial charge on any atom is 0.206 e. The third kappa shape index (κ3) is 4.64. The summed E-state index contributed by atoms with van der Waals surface area (Å²) in [6.07, 6.45) is 8.18. The maximum atomic E-state index is 13.0. The average molecular weight is 261 g/mol. The van der Waals surface area contributed by atoms with Crippen molar-refractivity contribution in [3.8, 4) is 12.5 Å². The van der Waals surface area contributed by atoms with Crippen LogP contribution in [0.2, 0.25) is 0 Å². The van der Waals surface area contributed by atoms with Crippen LogP contribution in [0.4, 0.5) is 4.39 Å². The van der Waals surface area contributed by atoms with Crippen molar-refractivity contribution >= 4 is 11.5 Å². The van der Waals surface area contributed by atoms with E-state index in [4.69, 9.17) is 17.6 Å². The zero-order chi connectivity index (χ0) is 14.3. The van der Waals surface area contributed by atoms with E-state index >= 15 is 0 Å². The van der Waals surface area contributed by atoms with Gasteiger partial charge in [0.1, 0.15) is 18.5 Å². The molecule has 0 saturated heterocycles. The van der Waals surface area contributed by atoms with Crippen molar-refractivity contribution in [1.29, 1.82) is 0 Å². The van der Waals surface area contributed by atoms with E-state index in [1.165, 1.54) is 24.3 Å². The van der Waals surface area contributed by atoms with Crippen LogP contribution in [0.1, 0.15) is 12.0 Å². The predicted molar refractivity (Wildman–Crippen MR) is 69.1 cm³/mol. The van der Waals surface area contributed by atoms with Gasteiger partial charge in [0, 0.05) is 18.1 Å². The van der Waals surface area contributed by atoms with Gasteiger partial charge in [-0.1, -0.05) is 12.5 Å². The number of Topliss-reactive ketones (excluding diaryl/α,β-unsaturated/α-hetero) is 1. The van der Waals surface area contributed by atoms with Crippen LogP contribution in [0.25, 0.3) is 0 Å². The number of carbonyl (C=O) groups is 1. The van der Waals surface area contributed by atoms with Gasteiger partial charge in [-0.2, -0.15) is 0 Å². The van der Waals surface area contributed by atoms with Crippen LogP contribution in [0, 0.1) is 18.3 Å². The molecule has 1 aromatic rings. The lowest BCUT2D eigenvalue weighted by Gasteiger charge is -2.00. The van der Waals surface area contributed by atoms with Crippen LogP contribution in [-0.2, 0) is 9.53 Å². The average Bonchev–Trinajstić information content (AvgIpc) is 2.38. The molecule has 0 aliphatic heterocycles. The lowest BCUT2D eigenvalue weighted by atomic mass is 10.1. The Bertz CT molecular complexity index is 559. The molecular formula is C14H14FN2O2+. The topological polar surface area (TPSA) is 77.9 Å². The molecule has 0 bridgehead atoms. The number of halogens is 1. The Morgan fingerprint density at radius 1 is 1.58 bits per heavy atom. The quantitative estimate of drug-likeness (QED) is 0.322. The Hall–Kier alpha value is -2.61. The molecule has 98 valence electrons. The second kappa shape index (κ2) is 6.97. The van der Waals surface area contributed by atoms with Crippen LogP contribution in [0.3, 0.4) is 0 Å². The summed E-state index contributed by atoms with van der Waals surface area (Å²) < 4.78 is 17.6. The van der Waals surface area contributed by atoms with E-state index in [1.54, 1.807) is 6.07 Å². The largest absolute Gasteiger partial charge is 0.446 e. The number of benzene rings is 1. The highest BCUT2D eigenvalue weighted by Crippen LogP contribution is 2.05. The highest BCUT2D eigenvalue weighted by atomic mass is 19.1. The van der Waals surface area contributed by atoms with Crippen molar-refractivity contribution in [2.24, 2.45) is 5.73 Å². The molecule has 0 fully saturated rings. The lowest BCUT2D eigenvalue weighted by Crippen LogP contribution is -2.40. The van der Waals surface area contributed by atoms with E-state index in [2.05, 4.69) is 4.74 Å². The van der Waals surface area contributed by atoms with Gasteiger partial charge in [-0.05, 0) is 18.2 Å². The Morgan fingerprint density at radius 3 is 2.95 bits per heavy atom. The van der Waals surface area contributed by atoms with Crippen molar-refractivity contribution in [2.75, 3.05) is 6.61 Å². The van der Waals surface area contributed by atoms with Gasteiger partial charge in [0.25, 0.3) is 0 Å². The van der Waals surface area contributed by atoms with Crippen LogP contribution in [0.5, 0.6) is 0 Å². The van der Waals surface area contributed by atoms with Crippen LogP contribution < -0.4 is 11.1 Å². The maximum absolute atomic E-state index is 13.0. The fourth-order valence-electron chi connectivity index (χ4n) is 1.35. The Balaban J connectivity index is 2.71. The van der Waals surface area contributed by atoms with Gasteiger partial charge in [-0.25, -0.2) is 4.39 Å². The molecule has 5 heteroatoms. The first-order chi connectivity index (χ1) is 9.04. The number of nitrogens with two attached hydrogens (primary N) is 2. The number of hydrogen-bond acceptors (Lipinski definition) is 3. The SMILES string of the molecule is C#COCCC(=O)C(N)=CC(=[NH2+])c1cccc(F)c1. The van der Waals surface area contributed by atoms with Gasteiger partial charge in [0.2, 0.25) is 5.71 Å². The van der Waals surface area contributed by atoms with Gasteiger partial charge in [0.05, 0.1) is 5.70 Å². The van der Waals surface area contributed by atoms with Crippen molar-refractivity contribution in [1.82, 2.24) is 0 Å². The fourth-order valence-corrected chi connectivity index (χ4v) is 1.35. The van der Waals surface area contributed by atoms with Gasteiger partial charge in [-0.3, -0.25) is 10.2 Å². The predicted octanol–water partition coefficient (Wildman–Crippen LogP) is -0.217. The van der Waals surface area contributed by atoms with Gasteiger partial charge in [-0.15, -0.1) is 0 Å². The number of hydrogen-bond donors (Lipinski definition) is 2. The monoisotopic (exact) mass is 261 g/mol. The van der Waals surface area contributed by atoms with E-state index in [1.807, 2.05) is 6.11 Å². The van der Waals surface area contributed by atoms with Crippen LogP contribution in [-0.4, -0.2) is 18.1 Å². The van der Waals surface area contributed by atoms with Gasteiger partial charge in [0.15, 0.2) is 5.78 Å². The number of carbonyl (C=O) groups excluding carboxylic acids is 1. The fraction of sp³-hybridized carbons (Fsp3) is 0.143. The molecule has 0 aliphatic rings. The molecule has 1 aromatic carbocycles. The van der Waals surface area contributed by atoms with Crippen LogP contribution >= 0.6 is 0 Å². The number of allylic oxidation sites excluding steroid dienone is 2. The number of ketones is 1. The Morgan fingerprint density at radius 2 is 2.32 bits per heavy atom. The highest BCUT2D eigenvalue weighted by molar-refractivity contribution is 6.09. The van der Waals surface area contributed by atoms with E-state index in [-0.39, 0.29) is 30.2 Å². The van der Waals surface area contributed by atoms with E-state index in [0.29, 0.717) is 5.56 Å². The van der Waals surface area contributed by atoms with Crippen LogP contribution in [0.15, 0.2) is 36.0 Å². The van der Waals surface area contributed by atoms with Crippen molar-refractivity contribution in [3.63, 3.8) is 0 Å². The molecule has 0 heterocycles. The number of rotatable bonds is 6. The third-order valence-electron chi connectivity index (χ3n) is 2.31. The summed E-state index contributed by atoms with van der Waals surface area (Å²) in [5.41, 5.74) is 6.23. The molecule has 4 nitrogen and oxygen atoms in total. The second-order valence-corrected chi connectivity index (χ2v) is 3.70. The highest BCUT2D eigenvalue weighted by Gasteiger charge is 2.10. The Kier molecular flexibility index (Phi) is 5.30. The normalized spacial score (nSPS) is 10.6. The van der Waals surface area contributed by atoms with Gasteiger partial charge < -0.3 is 10.5 Å². The summed E-state index contributed by atoms with van der Waals surface area (Å²) in [5.74, 6) is -0.754. The summed E-state index contributed by atoms with van der Waals surface area (Å²) in [6, 6.07) is 5.69. The summed E-state index contributed by atoms with van der Waals surface area (Å²) >= 11 is 0. The van der Waals surface area contributed by atoms with Crippen molar-refractivity contribution in [3.05, 3.63) is 47.4 Å². The molecule has 0 radical (unpaired) electrons. The second-order valence-electron chi connectivity index (χ2n) is 3.70. The zero-order valence-electron chi connectivity index (χ0n) is 10.2. The molecular weight excluding hydrogens is 247 g/mol. The van der Waals surface area contributed by atoms with E-state index in [9.17, 15) is 9.18 Å². The zero-order valence-corrected chi connectivity index (χ0v) is 10.2. The first kappa shape index (κ1) is 14.5. The molecule has 0 saturated carbocycles. The summed E-state index contributed by atoms with van der Waals surface area (Å²) in [7, 11) is 0. The molecule has 0 aromatic heterocycles. The van der Waals surface area contributed by atoms with E-state index < -0.39 is 5.82 Å². The van der Waals surface area contributed by atoms with Gasteiger partial charge >= 0.3 is 0 Å². The summed E-state index contributed by atoms with van der Waals surface area (Å²) in [4.78, 5) is 11.6. The third-order valence-corrected chi connectivity index (χ3v) is 2.31. The lowest BCUT2D eigenvalue weighted by molar-refractivity contribution is -0.117. The minimum absolute atomic E-state index is 0.0256. The summed E-state index contributed by atoms with van der Waals surface area (Å²) in [5, 5.41) is 5.74. The molecule has 0 spiro atoms. The van der Waals surface area contributed by atoms with Crippen molar-refractivity contribution in [2.45, 2.75) is 6.42 Å². The number of terminal acetylenes is 1. The molecule has 0 amide bonds. The summed E-state index contributed by atoms with van der Waals surface area (Å²) in [6.45, 7) is 0.0870. The standard InChI is InChI=1S/C14H13FN2O2/c1-2-19-7-6-14(18)13(17)9-12(16)10-4-3-5-11(15)8-10/h1,3-5,8-9,16H,6-7,17H2/p+1. The first-order valence-corrected chi connectivity index (χ1v) is 5.50.